The second kappa shape index (κ2) is 8.93. The van der Waals surface area contributed by atoms with Gasteiger partial charge in [0, 0.05) is 16.6 Å². The number of nitrogens with zero attached hydrogens (tertiary/aromatic N) is 2. The molecule has 1 atom stereocenters. The molecule has 1 aliphatic rings. The number of ketones is 1. The van der Waals surface area contributed by atoms with E-state index >= 15 is 0 Å². The summed E-state index contributed by atoms with van der Waals surface area (Å²) in [4.78, 5) is 29.5. The van der Waals surface area contributed by atoms with E-state index in [0.717, 1.165) is 28.6 Å². The highest BCUT2D eigenvalue weighted by molar-refractivity contribution is 9.10. The fourth-order valence-electron chi connectivity index (χ4n) is 3.65. The van der Waals surface area contributed by atoms with Crippen LogP contribution in [0, 0.1) is 6.92 Å². The van der Waals surface area contributed by atoms with Gasteiger partial charge in [-0.3, -0.25) is 9.59 Å². The Balaban J connectivity index is 2.11. The molecule has 0 bridgehead atoms. The number of carbonyl (C=O) groups is 2. The van der Waals surface area contributed by atoms with Crippen LogP contribution in [0.25, 0.3) is 5.76 Å². The van der Waals surface area contributed by atoms with Crippen molar-refractivity contribution in [2.75, 3.05) is 27.2 Å². The van der Waals surface area contributed by atoms with Crippen LogP contribution >= 0.6 is 15.9 Å². The molecule has 2 aromatic carbocycles. The Morgan fingerprint density at radius 1 is 1.10 bits per heavy atom. The van der Waals surface area contributed by atoms with Crippen molar-refractivity contribution in [1.29, 1.82) is 0 Å². The number of aliphatic hydroxyl groups excluding tert-OH is 1. The average molecular weight is 457 g/mol. The molecule has 0 aromatic heterocycles. The smallest absolute Gasteiger partial charge is 0.295 e. The van der Waals surface area contributed by atoms with Crippen LogP contribution in [0.2, 0.25) is 0 Å². The molecule has 152 valence electrons. The molecular weight excluding hydrogens is 432 g/mol. The molecule has 0 radical (unpaired) electrons. The van der Waals surface area contributed by atoms with Crippen molar-refractivity contribution >= 4 is 33.4 Å². The van der Waals surface area contributed by atoms with E-state index in [1.54, 1.807) is 29.2 Å². The molecular formula is C23H25BrN2O3. The molecule has 1 N–H and O–H groups in total. The summed E-state index contributed by atoms with van der Waals surface area (Å²) >= 11 is 3.38. The number of benzene rings is 2. The van der Waals surface area contributed by atoms with Crippen LogP contribution in [0.5, 0.6) is 0 Å². The van der Waals surface area contributed by atoms with Crippen LogP contribution in [0.4, 0.5) is 0 Å². The van der Waals surface area contributed by atoms with Gasteiger partial charge in [-0.2, -0.15) is 0 Å². The lowest BCUT2D eigenvalue weighted by Crippen LogP contribution is -2.32. The van der Waals surface area contributed by atoms with Crippen molar-refractivity contribution in [3.05, 3.63) is 75.3 Å². The van der Waals surface area contributed by atoms with E-state index in [9.17, 15) is 14.7 Å². The third-order valence-corrected chi connectivity index (χ3v) is 5.67. The van der Waals surface area contributed by atoms with Crippen LogP contribution in [0.15, 0.2) is 58.6 Å². The largest absolute Gasteiger partial charge is 0.507 e. The van der Waals surface area contributed by atoms with E-state index in [1.807, 2.05) is 50.2 Å². The summed E-state index contributed by atoms with van der Waals surface area (Å²) < 4.78 is 0.869. The van der Waals surface area contributed by atoms with Crippen LogP contribution in [0.1, 0.15) is 29.2 Å². The lowest BCUT2D eigenvalue weighted by Gasteiger charge is -2.27. The maximum atomic E-state index is 13.0. The summed E-state index contributed by atoms with van der Waals surface area (Å²) in [7, 11) is 3.95. The summed E-state index contributed by atoms with van der Waals surface area (Å²) in [6, 6.07) is 14.1. The predicted octanol–water partition coefficient (Wildman–Crippen LogP) is 4.13. The lowest BCUT2D eigenvalue weighted by molar-refractivity contribution is -0.139. The van der Waals surface area contributed by atoms with E-state index in [-0.39, 0.29) is 11.3 Å². The summed E-state index contributed by atoms with van der Waals surface area (Å²) in [6.07, 6.45) is 0.737. The molecule has 3 rings (SSSR count). The zero-order valence-electron chi connectivity index (χ0n) is 16.9. The third-order valence-electron chi connectivity index (χ3n) is 5.15. The van der Waals surface area contributed by atoms with Crippen LogP contribution < -0.4 is 0 Å². The number of aryl methyl sites for hydroxylation is 1. The normalized spacial score (nSPS) is 18.7. The Kier molecular flexibility index (Phi) is 6.55. The molecule has 1 amide bonds. The number of rotatable bonds is 6. The minimum absolute atomic E-state index is 0.140. The van der Waals surface area contributed by atoms with Crippen molar-refractivity contribution < 1.29 is 14.7 Å². The third kappa shape index (κ3) is 4.43. The number of hydrogen-bond acceptors (Lipinski definition) is 4. The van der Waals surface area contributed by atoms with Crippen molar-refractivity contribution in [3.63, 3.8) is 0 Å². The van der Waals surface area contributed by atoms with Crippen LogP contribution in [-0.4, -0.2) is 53.8 Å². The molecule has 2 aromatic rings. The van der Waals surface area contributed by atoms with Gasteiger partial charge in [0.2, 0.25) is 0 Å². The monoisotopic (exact) mass is 456 g/mol. The van der Waals surface area contributed by atoms with E-state index in [2.05, 4.69) is 15.9 Å². The van der Waals surface area contributed by atoms with Gasteiger partial charge >= 0.3 is 0 Å². The molecule has 1 heterocycles. The first-order valence-electron chi connectivity index (χ1n) is 9.56. The van der Waals surface area contributed by atoms with Crippen molar-refractivity contribution in [2.45, 2.75) is 19.4 Å². The first kappa shape index (κ1) is 21.3. The Morgan fingerprint density at radius 3 is 2.38 bits per heavy atom. The SMILES string of the molecule is Cc1ccccc1C1/C(=C(/O)c2ccc(Br)cc2)C(=O)C(=O)N1CCCN(C)C. The molecule has 6 heteroatoms. The Labute approximate surface area is 179 Å². The fourth-order valence-corrected chi connectivity index (χ4v) is 3.91. The summed E-state index contributed by atoms with van der Waals surface area (Å²) in [5.74, 6) is -1.33. The molecule has 1 aliphatic heterocycles. The Hall–Kier alpha value is -2.44. The summed E-state index contributed by atoms with van der Waals surface area (Å²) in [5.41, 5.74) is 2.49. The number of carbonyl (C=O) groups excluding carboxylic acids is 2. The highest BCUT2D eigenvalue weighted by Crippen LogP contribution is 2.40. The Morgan fingerprint density at radius 2 is 1.76 bits per heavy atom. The maximum Gasteiger partial charge on any atom is 0.295 e. The molecule has 5 nitrogen and oxygen atoms in total. The number of aliphatic hydroxyl groups is 1. The van der Waals surface area contributed by atoms with Crippen LogP contribution in [0.3, 0.4) is 0 Å². The highest BCUT2D eigenvalue weighted by atomic mass is 79.9. The van der Waals surface area contributed by atoms with Crippen LogP contribution in [-0.2, 0) is 9.59 Å². The molecule has 29 heavy (non-hydrogen) atoms. The number of amides is 1. The number of likely N-dealkylation sites (tertiary alicyclic amines) is 1. The average Bonchev–Trinajstić information content (AvgIpc) is 2.93. The van der Waals surface area contributed by atoms with E-state index in [1.165, 1.54) is 0 Å². The number of hydrogen-bond donors (Lipinski definition) is 1. The van der Waals surface area contributed by atoms with Crippen molar-refractivity contribution in [3.8, 4) is 0 Å². The van der Waals surface area contributed by atoms with Gasteiger partial charge in [0.05, 0.1) is 11.6 Å². The summed E-state index contributed by atoms with van der Waals surface area (Å²) in [5, 5.41) is 11.0. The highest BCUT2D eigenvalue weighted by Gasteiger charge is 2.46. The molecule has 0 saturated carbocycles. The zero-order chi connectivity index (χ0) is 21.1. The zero-order valence-corrected chi connectivity index (χ0v) is 18.4. The van der Waals surface area contributed by atoms with Gasteiger partial charge in [0.25, 0.3) is 11.7 Å². The molecule has 1 saturated heterocycles. The molecule has 0 aliphatic carbocycles. The first-order valence-corrected chi connectivity index (χ1v) is 10.3. The number of halogens is 1. The van der Waals surface area contributed by atoms with E-state index in [4.69, 9.17) is 0 Å². The maximum absolute atomic E-state index is 13.0. The lowest BCUT2D eigenvalue weighted by atomic mass is 9.92. The summed E-state index contributed by atoms with van der Waals surface area (Å²) in [6.45, 7) is 3.20. The first-order chi connectivity index (χ1) is 13.8. The molecule has 1 fully saturated rings. The van der Waals surface area contributed by atoms with Gasteiger partial charge in [0.1, 0.15) is 5.76 Å². The Bertz CT molecular complexity index is 951. The van der Waals surface area contributed by atoms with Crippen molar-refractivity contribution in [1.82, 2.24) is 9.80 Å². The standard InChI is InChI=1S/C23H25BrN2O3/c1-15-7-4-5-8-18(15)20-19(21(27)16-9-11-17(24)12-10-16)22(28)23(29)26(20)14-6-13-25(2)3/h4-5,7-12,20,27H,6,13-14H2,1-3H3/b21-19-. The minimum atomic E-state index is -0.636. The van der Waals surface area contributed by atoms with Gasteiger partial charge < -0.3 is 14.9 Å². The fraction of sp³-hybridized carbons (Fsp3) is 0.304. The van der Waals surface area contributed by atoms with Gasteiger partial charge in [-0.1, -0.05) is 52.3 Å². The van der Waals surface area contributed by atoms with Gasteiger partial charge in [-0.15, -0.1) is 0 Å². The second-order valence-corrected chi connectivity index (χ2v) is 8.43. The van der Waals surface area contributed by atoms with Gasteiger partial charge in [0.15, 0.2) is 0 Å². The minimum Gasteiger partial charge on any atom is -0.507 e. The topological polar surface area (TPSA) is 60.9 Å². The van der Waals surface area contributed by atoms with E-state index < -0.39 is 17.7 Å². The predicted molar refractivity (Wildman–Crippen MR) is 118 cm³/mol. The van der Waals surface area contributed by atoms with Gasteiger partial charge in [-0.25, -0.2) is 0 Å². The quantitative estimate of drug-likeness (QED) is 0.403. The molecule has 0 spiro atoms. The van der Waals surface area contributed by atoms with Gasteiger partial charge in [-0.05, 0) is 57.2 Å². The molecule has 1 unspecified atom stereocenters. The second-order valence-electron chi connectivity index (χ2n) is 7.51. The number of Topliss-reactive ketones (excluding diaryl/α,β-unsaturated/α-hetero) is 1. The van der Waals surface area contributed by atoms with E-state index in [0.29, 0.717) is 12.1 Å². The van der Waals surface area contributed by atoms with Crippen molar-refractivity contribution in [2.24, 2.45) is 0 Å².